The van der Waals surface area contributed by atoms with Gasteiger partial charge in [-0.05, 0) is 30.7 Å². The average Bonchev–Trinajstić information content (AvgIpc) is 3.14. The molecule has 0 unspecified atom stereocenters. The van der Waals surface area contributed by atoms with Crippen LogP contribution in [0.1, 0.15) is 24.9 Å². The zero-order chi connectivity index (χ0) is 13.9. The number of nitrogens with zero attached hydrogens (tertiary/aromatic N) is 1. The van der Waals surface area contributed by atoms with Crippen molar-refractivity contribution >= 4 is 11.8 Å². The van der Waals surface area contributed by atoms with E-state index in [4.69, 9.17) is 0 Å². The number of carbonyl (C=O) groups is 2. The number of hydrogen-bond acceptors (Lipinski definition) is 2. The first kappa shape index (κ1) is 11.9. The lowest BCUT2D eigenvalue weighted by molar-refractivity contribution is -0.143. The number of allylic oxidation sites excluding steroid dienone is 2. The zero-order valence-electron chi connectivity index (χ0n) is 11.4. The molecule has 2 amide bonds. The van der Waals surface area contributed by atoms with Crippen LogP contribution in [0.5, 0.6) is 0 Å². The van der Waals surface area contributed by atoms with Crippen molar-refractivity contribution in [2.24, 2.45) is 23.7 Å². The SMILES string of the molecule is C[C@@H](c1ccccc1)N1C(=O)[C@@H]2[C@H](C1=O)[C@H]1C=C[C@@H]2C1. The molecule has 0 N–H and O–H groups in total. The highest BCUT2D eigenvalue weighted by Gasteiger charge is 2.60. The van der Waals surface area contributed by atoms with E-state index in [0.29, 0.717) is 0 Å². The van der Waals surface area contributed by atoms with Crippen molar-refractivity contribution in [3.05, 3.63) is 48.0 Å². The fourth-order valence-electron chi connectivity index (χ4n) is 4.19. The molecule has 3 nitrogen and oxygen atoms in total. The van der Waals surface area contributed by atoms with Gasteiger partial charge in [0.2, 0.25) is 11.8 Å². The number of fused-ring (bicyclic) bond motifs is 5. The van der Waals surface area contributed by atoms with Crippen molar-refractivity contribution in [1.29, 1.82) is 0 Å². The van der Waals surface area contributed by atoms with Crippen LogP contribution in [-0.4, -0.2) is 16.7 Å². The molecule has 0 spiro atoms. The van der Waals surface area contributed by atoms with Gasteiger partial charge in [-0.2, -0.15) is 0 Å². The van der Waals surface area contributed by atoms with Crippen molar-refractivity contribution in [3.63, 3.8) is 0 Å². The number of likely N-dealkylation sites (tertiary alicyclic amines) is 1. The van der Waals surface area contributed by atoms with E-state index >= 15 is 0 Å². The smallest absolute Gasteiger partial charge is 0.234 e. The molecule has 5 atom stereocenters. The molecule has 1 heterocycles. The zero-order valence-corrected chi connectivity index (χ0v) is 11.4. The van der Waals surface area contributed by atoms with Gasteiger partial charge in [-0.3, -0.25) is 14.5 Å². The number of hydrogen-bond donors (Lipinski definition) is 0. The van der Waals surface area contributed by atoms with Gasteiger partial charge in [-0.1, -0.05) is 42.5 Å². The summed E-state index contributed by atoms with van der Waals surface area (Å²) in [5.74, 6) is 0.456. The number of imide groups is 1. The quantitative estimate of drug-likeness (QED) is 0.610. The van der Waals surface area contributed by atoms with Gasteiger partial charge in [0, 0.05) is 0 Å². The second kappa shape index (κ2) is 4.05. The predicted molar refractivity (Wildman–Crippen MR) is 74.4 cm³/mol. The van der Waals surface area contributed by atoms with E-state index in [0.717, 1.165) is 12.0 Å². The van der Waals surface area contributed by atoms with Crippen molar-refractivity contribution in [3.8, 4) is 0 Å². The van der Waals surface area contributed by atoms with Crippen molar-refractivity contribution < 1.29 is 9.59 Å². The molecule has 1 saturated carbocycles. The molecule has 2 bridgehead atoms. The Morgan fingerprint density at radius 3 is 2.10 bits per heavy atom. The molecule has 2 aliphatic carbocycles. The fraction of sp³-hybridized carbons (Fsp3) is 0.412. The molecule has 20 heavy (non-hydrogen) atoms. The van der Waals surface area contributed by atoms with E-state index in [1.807, 2.05) is 37.3 Å². The highest BCUT2D eigenvalue weighted by atomic mass is 16.2. The lowest BCUT2D eigenvalue weighted by Gasteiger charge is -2.24. The first-order valence-electron chi connectivity index (χ1n) is 7.28. The number of benzene rings is 1. The monoisotopic (exact) mass is 267 g/mol. The van der Waals surface area contributed by atoms with Crippen LogP contribution < -0.4 is 0 Å². The van der Waals surface area contributed by atoms with Gasteiger partial charge >= 0.3 is 0 Å². The molecule has 1 aromatic rings. The molecule has 1 aliphatic heterocycles. The Labute approximate surface area is 118 Å². The van der Waals surface area contributed by atoms with Gasteiger partial charge in [0.05, 0.1) is 17.9 Å². The van der Waals surface area contributed by atoms with Crippen LogP contribution in [0.2, 0.25) is 0 Å². The Morgan fingerprint density at radius 1 is 1.00 bits per heavy atom. The van der Waals surface area contributed by atoms with Gasteiger partial charge in [0.15, 0.2) is 0 Å². The van der Waals surface area contributed by atoms with E-state index in [1.165, 1.54) is 4.90 Å². The second-order valence-corrected chi connectivity index (χ2v) is 6.13. The summed E-state index contributed by atoms with van der Waals surface area (Å²) in [7, 11) is 0. The molecule has 3 aliphatic rings. The minimum absolute atomic E-state index is 0.0354. The van der Waals surface area contributed by atoms with Gasteiger partial charge < -0.3 is 0 Å². The number of rotatable bonds is 2. The predicted octanol–water partition coefficient (Wildman–Crippen LogP) is 2.55. The summed E-state index contributed by atoms with van der Waals surface area (Å²) >= 11 is 0. The van der Waals surface area contributed by atoms with Crippen LogP contribution in [0.3, 0.4) is 0 Å². The molecule has 1 aromatic carbocycles. The maximum absolute atomic E-state index is 12.7. The Balaban J connectivity index is 1.68. The van der Waals surface area contributed by atoms with E-state index in [9.17, 15) is 9.59 Å². The fourth-order valence-corrected chi connectivity index (χ4v) is 4.19. The molecule has 102 valence electrons. The van der Waals surface area contributed by atoms with Crippen molar-refractivity contribution in [1.82, 2.24) is 4.90 Å². The van der Waals surface area contributed by atoms with Crippen LogP contribution in [0.4, 0.5) is 0 Å². The third kappa shape index (κ3) is 1.41. The Kier molecular flexibility index (Phi) is 2.40. The number of amides is 2. The Morgan fingerprint density at radius 2 is 1.55 bits per heavy atom. The molecule has 4 rings (SSSR count). The lowest BCUT2D eigenvalue weighted by atomic mass is 9.85. The summed E-state index contributed by atoms with van der Waals surface area (Å²) in [6.45, 7) is 1.95. The van der Waals surface area contributed by atoms with Crippen LogP contribution in [-0.2, 0) is 9.59 Å². The van der Waals surface area contributed by atoms with Crippen LogP contribution >= 0.6 is 0 Å². The molecular formula is C17H17NO2. The van der Waals surface area contributed by atoms with Gasteiger partial charge in [0.25, 0.3) is 0 Å². The molecule has 2 fully saturated rings. The van der Waals surface area contributed by atoms with E-state index in [1.54, 1.807) is 0 Å². The summed E-state index contributed by atoms with van der Waals surface area (Å²) in [4.78, 5) is 26.9. The third-order valence-corrected chi connectivity index (χ3v) is 5.17. The topological polar surface area (TPSA) is 37.4 Å². The molecule has 0 radical (unpaired) electrons. The third-order valence-electron chi connectivity index (χ3n) is 5.17. The van der Waals surface area contributed by atoms with Crippen molar-refractivity contribution in [2.75, 3.05) is 0 Å². The summed E-state index contributed by atoms with van der Waals surface area (Å²) < 4.78 is 0. The van der Waals surface area contributed by atoms with Crippen LogP contribution in [0.15, 0.2) is 42.5 Å². The van der Waals surface area contributed by atoms with Crippen LogP contribution in [0.25, 0.3) is 0 Å². The minimum Gasteiger partial charge on any atom is -0.275 e. The summed E-state index contributed by atoms with van der Waals surface area (Å²) in [5, 5.41) is 0. The highest BCUT2D eigenvalue weighted by molar-refractivity contribution is 6.06. The van der Waals surface area contributed by atoms with E-state index in [2.05, 4.69) is 12.2 Å². The molecular weight excluding hydrogens is 250 g/mol. The maximum Gasteiger partial charge on any atom is 0.234 e. The lowest BCUT2D eigenvalue weighted by Crippen LogP contribution is -2.35. The summed E-state index contributed by atoms with van der Waals surface area (Å²) in [5.41, 5.74) is 1.02. The Hall–Kier alpha value is -1.90. The minimum atomic E-state index is -0.166. The maximum atomic E-state index is 12.7. The summed E-state index contributed by atoms with van der Waals surface area (Å²) in [6, 6.07) is 9.63. The standard InChI is InChI=1S/C17H17NO2/c1-10(11-5-3-2-4-6-11)18-16(19)14-12-7-8-13(9-12)15(14)17(18)20/h2-8,10,12-15H,9H2,1H3/t10-,12-,13+,14+,15-/m0/s1. The first-order chi connectivity index (χ1) is 9.68. The number of carbonyl (C=O) groups excluding carboxylic acids is 2. The van der Waals surface area contributed by atoms with Gasteiger partial charge in [-0.15, -0.1) is 0 Å². The van der Waals surface area contributed by atoms with Gasteiger partial charge in [-0.25, -0.2) is 0 Å². The normalized spacial score (nSPS) is 35.8. The van der Waals surface area contributed by atoms with E-state index < -0.39 is 0 Å². The van der Waals surface area contributed by atoms with Crippen LogP contribution in [0, 0.1) is 23.7 Å². The first-order valence-corrected chi connectivity index (χ1v) is 7.28. The summed E-state index contributed by atoms with van der Waals surface area (Å²) in [6.07, 6.45) is 5.25. The molecule has 0 aromatic heterocycles. The van der Waals surface area contributed by atoms with Crippen molar-refractivity contribution in [2.45, 2.75) is 19.4 Å². The second-order valence-electron chi connectivity index (χ2n) is 6.13. The molecule has 3 heteroatoms. The Bertz CT molecular complexity index is 577. The largest absolute Gasteiger partial charge is 0.275 e. The molecule has 1 saturated heterocycles. The highest BCUT2D eigenvalue weighted by Crippen LogP contribution is 2.53. The van der Waals surface area contributed by atoms with E-state index in [-0.39, 0.29) is 41.5 Å². The van der Waals surface area contributed by atoms with Gasteiger partial charge in [0.1, 0.15) is 0 Å². The average molecular weight is 267 g/mol.